The molecule has 1 aliphatic heterocycles. The highest BCUT2D eigenvalue weighted by atomic mass is 16.5. The Balaban J connectivity index is 1.46. The van der Waals surface area contributed by atoms with Crippen molar-refractivity contribution < 1.29 is 9.53 Å². The molecule has 2 aromatic rings. The highest BCUT2D eigenvalue weighted by Gasteiger charge is 2.27. The van der Waals surface area contributed by atoms with Gasteiger partial charge < -0.3 is 9.64 Å². The Hall–Kier alpha value is -2.30. The molecule has 1 aromatic heterocycles. The van der Waals surface area contributed by atoms with Gasteiger partial charge in [0.05, 0.1) is 12.7 Å². The summed E-state index contributed by atoms with van der Waals surface area (Å²) in [7, 11) is 0. The van der Waals surface area contributed by atoms with Gasteiger partial charge in [0, 0.05) is 32.1 Å². The van der Waals surface area contributed by atoms with E-state index in [0.29, 0.717) is 19.5 Å². The number of amides is 1. The first-order chi connectivity index (χ1) is 10.7. The number of hydrogen-bond donors (Lipinski definition) is 0. The largest absolute Gasteiger partial charge is 0.489 e. The zero-order valence-electron chi connectivity index (χ0n) is 12.8. The van der Waals surface area contributed by atoms with Gasteiger partial charge in [-0.1, -0.05) is 18.2 Å². The van der Waals surface area contributed by atoms with Crippen molar-refractivity contribution in [3.63, 3.8) is 0 Å². The SMILES string of the molecule is Cc1cnn(CCC(=O)N2CC[C@H](Oc3ccccc3)C2)c1. The van der Waals surface area contributed by atoms with E-state index in [1.807, 2.05) is 59.2 Å². The molecule has 0 radical (unpaired) electrons. The first-order valence-corrected chi connectivity index (χ1v) is 7.69. The predicted octanol–water partition coefficient (Wildman–Crippen LogP) is 2.26. The molecule has 0 aliphatic carbocycles. The van der Waals surface area contributed by atoms with E-state index in [-0.39, 0.29) is 12.0 Å². The number of ether oxygens (including phenoxy) is 1. The molecule has 1 atom stereocenters. The number of nitrogens with zero attached hydrogens (tertiary/aromatic N) is 3. The van der Waals surface area contributed by atoms with E-state index < -0.39 is 0 Å². The van der Waals surface area contributed by atoms with Gasteiger partial charge in [0.15, 0.2) is 0 Å². The molecule has 1 fully saturated rings. The van der Waals surface area contributed by atoms with Crippen LogP contribution < -0.4 is 4.74 Å². The number of aryl methyl sites for hydroxylation is 2. The predicted molar refractivity (Wildman–Crippen MR) is 83.6 cm³/mol. The first kappa shape index (κ1) is 14.6. The molecule has 1 saturated heterocycles. The molecule has 2 heterocycles. The maximum atomic E-state index is 12.3. The summed E-state index contributed by atoms with van der Waals surface area (Å²) in [4.78, 5) is 14.1. The molecule has 0 N–H and O–H groups in total. The fraction of sp³-hybridized carbons (Fsp3) is 0.412. The van der Waals surface area contributed by atoms with Crippen LogP contribution in [-0.4, -0.2) is 39.8 Å². The van der Waals surface area contributed by atoms with Gasteiger partial charge in [0.2, 0.25) is 5.91 Å². The van der Waals surface area contributed by atoms with Crippen LogP contribution >= 0.6 is 0 Å². The fourth-order valence-electron chi connectivity index (χ4n) is 2.70. The molecule has 3 rings (SSSR count). The second-order valence-electron chi connectivity index (χ2n) is 5.71. The van der Waals surface area contributed by atoms with E-state index in [9.17, 15) is 4.79 Å². The lowest BCUT2D eigenvalue weighted by Crippen LogP contribution is -2.31. The number of hydrogen-bond acceptors (Lipinski definition) is 3. The van der Waals surface area contributed by atoms with Gasteiger partial charge >= 0.3 is 0 Å². The second kappa shape index (κ2) is 6.64. The van der Waals surface area contributed by atoms with E-state index in [1.54, 1.807) is 0 Å². The summed E-state index contributed by atoms with van der Waals surface area (Å²) < 4.78 is 7.73. The summed E-state index contributed by atoms with van der Waals surface area (Å²) in [5.41, 5.74) is 1.12. The molecule has 1 amide bonds. The monoisotopic (exact) mass is 299 g/mol. The van der Waals surface area contributed by atoms with Crippen LogP contribution in [-0.2, 0) is 11.3 Å². The molecule has 1 aromatic carbocycles. The topological polar surface area (TPSA) is 47.4 Å². The van der Waals surface area contributed by atoms with Crippen molar-refractivity contribution in [1.29, 1.82) is 0 Å². The van der Waals surface area contributed by atoms with Gasteiger partial charge in [-0.15, -0.1) is 0 Å². The lowest BCUT2D eigenvalue weighted by atomic mass is 10.3. The Morgan fingerprint density at radius 2 is 2.18 bits per heavy atom. The summed E-state index contributed by atoms with van der Waals surface area (Å²) in [6.45, 7) is 4.07. The highest BCUT2D eigenvalue weighted by molar-refractivity contribution is 5.76. The van der Waals surface area contributed by atoms with Crippen molar-refractivity contribution in [3.8, 4) is 5.75 Å². The lowest BCUT2D eigenvalue weighted by molar-refractivity contribution is -0.130. The summed E-state index contributed by atoms with van der Waals surface area (Å²) in [5.74, 6) is 1.04. The summed E-state index contributed by atoms with van der Waals surface area (Å²) in [6, 6.07) is 9.78. The highest BCUT2D eigenvalue weighted by Crippen LogP contribution is 2.18. The van der Waals surface area contributed by atoms with Crippen LogP contribution in [0.25, 0.3) is 0 Å². The molecular formula is C17H21N3O2. The second-order valence-corrected chi connectivity index (χ2v) is 5.71. The van der Waals surface area contributed by atoms with Gasteiger partial charge in [0.1, 0.15) is 11.9 Å². The average Bonchev–Trinajstić information content (AvgIpc) is 3.15. The minimum absolute atomic E-state index is 0.0956. The summed E-state index contributed by atoms with van der Waals surface area (Å²) >= 11 is 0. The van der Waals surface area contributed by atoms with Crippen LogP contribution in [0, 0.1) is 6.92 Å². The van der Waals surface area contributed by atoms with Gasteiger partial charge in [-0.2, -0.15) is 5.10 Å². The molecular weight excluding hydrogens is 278 g/mol. The number of carbonyl (C=O) groups excluding carboxylic acids is 1. The molecule has 0 saturated carbocycles. The smallest absolute Gasteiger partial charge is 0.224 e. The maximum absolute atomic E-state index is 12.3. The lowest BCUT2D eigenvalue weighted by Gasteiger charge is -2.17. The number of rotatable bonds is 5. The van der Waals surface area contributed by atoms with Crippen LogP contribution in [0.15, 0.2) is 42.7 Å². The third-order valence-electron chi connectivity index (χ3n) is 3.86. The van der Waals surface area contributed by atoms with E-state index in [4.69, 9.17) is 4.74 Å². The molecule has 0 bridgehead atoms. The van der Waals surface area contributed by atoms with Gasteiger partial charge in [-0.3, -0.25) is 9.48 Å². The van der Waals surface area contributed by atoms with Crippen molar-refractivity contribution in [1.82, 2.24) is 14.7 Å². The summed E-state index contributed by atoms with van der Waals surface area (Å²) in [5, 5.41) is 4.21. The number of aromatic nitrogens is 2. The van der Waals surface area contributed by atoms with Crippen molar-refractivity contribution in [3.05, 3.63) is 48.3 Å². The Bertz CT molecular complexity index is 624. The van der Waals surface area contributed by atoms with Crippen molar-refractivity contribution in [2.45, 2.75) is 32.4 Å². The Kier molecular flexibility index (Phi) is 4.42. The van der Waals surface area contributed by atoms with Crippen LogP contribution in [0.1, 0.15) is 18.4 Å². The van der Waals surface area contributed by atoms with E-state index in [2.05, 4.69) is 5.10 Å². The minimum atomic E-state index is 0.0956. The first-order valence-electron chi connectivity index (χ1n) is 7.69. The number of benzene rings is 1. The Morgan fingerprint density at radius 3 is 2.91 bits per heavy atom. The van der Waals surface area contributed by atoms with E-state index >= 15 is 0 Å². The Morgan fingerprint density at radius 1 is 1.36 bits per heavy atom. The number of para-hydroxylation sites is 1. The average molecular weight is 299 g/mol. The minimum Gasteiger partial charge on any atom is -0.489 e. The third-order valence-corrected chi connectivity index (χ3v) is 3.86. The third kappa shape index (κ3) is 3.67. The molecule has 116 valence electrons. The zero-order chi connectivity index (χ0) is 15.4. The maximum Gasteiger partial charge on any atom is 0.224 e. The molecule has 0 unspecified atom stereocenters. The molecule has 22 heavy (non-hydrogen) atoms. The fourth-order valence-corrected chi connectivity index (χ4v) is 2.70. The van der Waals surface area contributed by atoms with Crippen molar-refractivity contribution >= 4 is 5.91 Å². The quantitative estimate of drug-likeness (QED) is 0.851. The van der Waals surface area contributed by atoms with Crippen LogP contribution in [0.5, 0.6) is 5.75 Å². The molecule has 5 heteroatoms. The zero-order valence-corrected chi connectivity index (χ0v) is 12.8. The van der Waals surface area contributed by atoms with Crippen LogP contribution in [0.4, 0.5) is 0 Å². The molecule has 5 nitrogen and oxygen atoms in total. The molecule has 0 spiro atoms. The van der Waals surface area contributed by atoms with Gasteiger partial charge in [0.25, 0.3) is 0 Å². The normalized spacial score (nSPS) is 17.7. The number of likely N-dealkylation sites (tertiary alicyclic amines) is 1. The van der Waals surface area contributed by atoms with Crippen LogP contribution in [0.2, 0.25) is 0 Å². The van der Waals surface area contributed by atoms with Crippen molar-refractivity contribution in [2.75, 3.05) is 13.1 Å². The summed E-state index contributed by atoms with van der Waals surface area (Å²) in [6.07, 6.45) is 5.24. The standard InChI is InChI=1S/C17H21N3O2/c1-14-11-18-20(12-14)10-8-17(21)19-9-7-16(13-19)22-15-5-3-2-4-6-15/h2-6,11-12,16H,7-10,13H2,1H3/t16-/m0/s1. The Labute approximate surface area is 130 Å². The van der Waals surface area contributed by atoms with Crippen LogP contribution in [0.3, 0.4) is 0 Å². The molecule has 1 aliphatic rings. The van der Waals surface area contributed by atoms with Crippen molar-refractivity contribution in [2.24, 2.45) is 0 Å². The number of carbonyl (C=O) groups is 1. The van der Waals surface area contributed by atoms with Gasteiger partial charge in [-0.25, -0.2) is 0 Å². The van der Waals surface area contributed by atoms with E-state index in [0.717, 1.165) is 24.3 Å². The van der Waals surface area contributed by atoms with E-state index in [1.165, 1.54) is 0 Å². The van der Waals surface area contributed by atoms with Gasteiger partial charge in [-0.05, 0) is 24.6 Å².